The Labute approximate surface area is 151 Å². The van der Waals surface area contributed by atoms with Crippen LogP contribution < -0.4 is 14.8 Å². The van der Waals surface area contributed by atoms with Crippen LogP contribution in [0.25, 0.3) is 10.9 Å². The summed E-state index contributed by atoms with van der Waals surface area (Å²) in [5.41, 5.74) is 1.68. The fraction of sp³-hybridized carbons (Fsp3) is 0.200. The molecule has 26 heavy (non-hydrogen) atoms. The van der Waals surface area contributed by atoms with Gasteiger partial charge in [0, 0.05) is 11.9 Å². The molecule has 1 atom stereocenters. The van der Waals surface area contributed by atoms with Crippen LogP contribution in [0.15, 0.2) is 54.6 Å². The van der Waals surface area contributed by atoms with Crippen LogP contribution in [0.4, 0.5) is 0 Å². The molecule has 0 radical (unpaired) electrons. The largest absolute Gasteiger partial charge is 0.493 e. The Bertz CT molecular complexity index is 927. The number of aliphatic hydroxyl groups is 1. The molecule has 0 bridgehead atoms. The van der Waals surface area contributed by atoms with Crippen LogP contribution in [-0.2, 0) is 0 Å². The Morgan fingerprint density at radius 2 is 1.85 bits per heavy atom. The Kier molecular flexibility index (Phi) is 5.34. The molecule has 2 N–H and O–H groups in total. The van der Waals surface area contributed by atoms with Gasteiger partial charge in [-0.25, -0.2) is 4.98 Å². The first kappa shape index (κ1) is 17.7. The third-order valence-corrected chi connectivity index (χ3v) is 4.08. The molecular weight excluding hydrogens is 332 g/mol. The van der Waals surface area contributed by atoms with Crippen LogP contribution in [0.3, 0.4) is 0 Å². The number of hydrogen-bond donors (Lipinski definition) is 2. The van der Waals surface area contributed by atoms with E-state index in [1.807, 2.05) is 30.3 Å². The molecule has 1 aromatic heterocycles. The summed E-state index contributed by atoms with van der Waals surface area (Å²) in [6, 6.07) is 16.2. The molecule has 0 aliphatic carbocycles. The van der Waals surface area contributed by atoms with Gasteiger partial charge in [0.15, 0.2) is 11.5 Å². The second-order valence-corrected chi connectivity index (χ2v) is 5.73. The van der Waals surface area contributed by atoms with Crippen molar-refractivity contribution in [3.8, 4) is 11.5 Å². The second-order valence-electron chi connectivity index (χ2n) is 5.73. The van der Waals surface area contributed by atoms with Gasteiger partial charge in [0.2, 0.25) is 0 Å². The van der Waals surface area contributed by atoms with Crippen LogP contribution in [0.1, 0.15) is 22.2 Å². The van der Waals surface area contributed by atoms with Crippen molar-refractivity contribution in [1.29, 1.82) is 0 Å². The minimum Gasteiger partial charge on any atom is -0.493 e. The molecule has 1 unspecified atom stereocenters. The number of para-hydroxylation sites is 1. The van der Waals surface area contributed by atoms with E-state index >= 15 is 0 Å². The van der Waals surface area contributed by atoms with Gasteiger partial charge >= 0.3 is 0 Å². The number of methoxy groups -OCH3 is 2. The predicted octanol–water partition coefficient (Wildman–Crippen LogP) is 2.72. The lowest BCUT2D eigenvalue weighted by Crippen LogP contribution is -2.29. The van der Waals surface area contributed by atoms with E-state index in [0.717, 1.165) is 10.9 Å². The zero-order valence-corrected chi connectivity index (χ0v) is 14.6. The molecule has 1 heterocycles. The predicted molar refractivity (Wildman–Crippen MR) is 98.6 cm³/mol. The van der Waals surface area contributed by atoms with Gasteiger partial charge in [0.1, 0.15) is 5.69 Å². The number of hydrogen-bond acceptors (Lipinski definition) is 5. The molecule has 3 rings (SSSR count). The first-order valence-corrected chi connectivity index (χ1v) is 8.16. The Balaban J connectivity index is 1.68. The lowest BCUT2D eigenvalue weighted by Gasteiger charge is -2.15. The third kappa shape index (κ3) is 3.75. The van der Waals surface area contributed by atoms with Gasteiger partial charge in [-0.1, -0.05) is 30.3 Å². The average molecular weight is 352 g/mol. The summed E-state index contributed by atoms with van der Waals surface area (Å²) in [5, 5.41) is 14.0. The van der Waals surface area contributed by atoms with Gasteiger partial charge in [-0.3, -0.25) is 4.79 Å². The molecule has 1 amide bonds. The number of nitrogens with one attached hydrogen (secondary N) is 1. The zero-order valence-electron chi connectivity index (χ0n) is 14.6. The van der Waals surface area contributed by atoms with E-state index < -0.39 is 6.10 Å². The number of carbonyl (C=O) groups is 1. The quantitative estimate of drug-likeness (QED) is 0.713. The van der Waals surface area contributed by atoms with Crippen LogP contribution in [0.2, 0.25) is 0 Å². The van der Waals surface area contributed by atoms with E-state index in [-0.39, 0.29) is 12.5 Å². The van der Waals surface area contributed by atoms with Crippen molar-refractivity contribution < 1.29 is 19.4 Å². The van der Waals surface area contributed by atoms with Gasteiger partial charge in [-0.05, 0) is 29.8 Å². The van der Waals surface area contributed by atoms with Gasteiger partial charge in [0.05, 0.1) is 25.8 Å². The number of rotatable bonds is 6. The number of nitrogens with zero attached hydrogens (tertiary/aromatic N) is 1. The summed E-state index contributed by atoms with van der Waals surface area (Å²) in [6.07, 6.45) is -0.876. The number of carbonyl (C=O) groups excluding carboxylic acids is 1. The van der Waals surface area contributed by atoms with Gasteiger partial charge in [-0.2, -0.15) is 0 Å². The smallest absolute Gasteiger partial charge is 0.270 e. The van der Waals surface area contributed by atoms with Crippen molar-refractivity contribution in [1.82, 2.24) is 10.3 Å². The highest BCUT2D eigenvalue weighted by Crippen LogP contribution is 2.29. The normalized spacial score (nSPS) is 11.8. The number of aliphatic hydroxyl groups excluding tert-OH is 1. The molecule has 134 valence electrons. The lowest BCUT2D eigenvalue weighted by molar-refractivity contribution is 0.0911. The maximum Gasteiger partial charge on any atom is 0.270 e. The molecule has 3 aromatic rings. The van der Waals surface area contributed by atoms with E-state index in [4.69, 9.17) is 9.47 Å². The second kappa shape index (κ2) is 7.84. The highest BCUT2D eigenvalue weighted by Gasteiger charge is 2.14. The van der Waals surface area contributed by atoms with Crippen molar-refractivity contribution >= 4 is 16.8 Å². The molecule has 0 fully saturated rings. The lowest BCUT2D eigenvalue weighted by atomic mass is 10.1. The van der Waals surface area contributed by atoms with E-state index in [1.165, 1.54) is 7.11 Å². The standard InChI is InChI=1S/C20H20N2O4/c1-25-18-10-8-14(11-19(18)26-2)17(23)12-21-20(24)16-9-7-13-5-3-4-6-15(13)22-16/h3-11,17,23H,12H2,1-2H3,(H,21,24). The Morgan fingerprint density at radius 1 is 1.08 bits per heavy atom. The van der Waals surface area contributed by atoms with E-state index in [2.05, 4.69) is 10.3 Å². The third-order valence-electron chi connectivity index (χ3n) is 4.08. The number of fused-ring (bicyclic) bond motifs is 1. The molecule has 0 aliphatic rings. The van der Waals surface area contributed by atoms with Crippen LogP contribution in [-0.4, -0.2) is 36.8 Å². The summed E-state index contributed by atoms with van der Waals surface area (Å²) >= 11 is 0. The first-order valence-electron chi connectivity index (χ1n) is 8.16. The van der Waals surface area contributed by atoms with E-state index in [1.54, 1.807) is 31.4 Å². The molecule has 0 saturated heterocycles. The maximum atomic E-state index is 12.3. The number of aromatic nitrogens is 1. The fourth-order valence-corrected chi connectivity index (χ4v) is 2.65. The number of ether oxygens (including phenoxy) is 2. The molecule has 2 aromatic carbocycles. The van der Waals surface area contributed by atoms with E-state index in [0.29, 0.717) is 22.8 Å². The number of amides is 1. The minimum atomic E-state index is -0.876. The van der Waals surface area contributed by atoms with Crippen LogP contribution in [0, 0.1) is 0 Å². The molecule has 0 saturated carbocycles. The maximum absolute atomic E-state index is 12.3. The zero-order chi connectivity index (χ0) is 18.5. The highest BCUT2D eigenvalue weighted by atomic mass is 16.5. The van der Waals surface area contributed by atoms with Crippen LogP contribution in [0.5, 0.6) is 11.5 Å². The SMILES string of the molecule is COc1ccc(C(O)CNC(=O)c2ccc3ccccc3n2)cc1OC. The monoisotopic (exact) mass is 352 g/mol. The Hall–Kier alpha value is -3.12. The summed E-state index contributed by atoms with van der Waals surface area (Å²) in [4.78, 5) is 16.7. The summed E-state index contributed by atoms with van der Waals surface area (Å²) in [7, 11) is 3.08. The van der Waals surface area contributed by atoms with E-state index in [9.17, 15) is 9.90 Å². The van der Waals surface area contributed by atoms with Gasteiger partial charge in [0.25, 0.3) is 5.91 Å². The van der Waals surface area contributed by atoms with Crippen molar-refractivity contribution in [3.63, 3.8) is 0 Å². The molecule has 6 nitrogen and oxygen atoms in total. The number of pyridine rings is 1. The molecule has 0 spiro atoms. The Morgan fingerprint density at radius 3 is 2.62 bits per heavy atom. The summed E-state index contributed by atoms with van der Waals surface area (Å²) in [5.74, 6) is 0.759. The summed E-state index contributed by atoms with van der Waals surface area (Å²) < 4.78 is 10.4. The van der Waals surface area contributed by atoms with Gasteiger partial charge in [-0.15, -0.1) is 0 Å². The van der Waals surface area contributed by atoms with Crippen molar-refractivity contribution in [2.45, 2.75) is 6.10 Å². The van der Waals surface area contributed by atoms with Crippen molar-refractivity contribution in [3.05, 3.63) is 65.9 Å². The number of benzene rings is 2. The topological polar surface area (TPSA) is 80.7 Å². The first-order chi connectivity index (χ1) is 12.6. The minimum absolute atomic E-state index is 0.0584. The molecular formula is C20H20N2O4. The van der Waals surface area contributed by atoms with Gasteiger partial charge < -0.3 is 19.9 Å². The molecule has 0 aliphatic heterocycles. The average Bonchev–Trinajstić information content (AvgIpc) is 2.70. The van der Waals surface area contributed by atoms with Crippen molar-refractivity contribution in [2.24, 2.45) is 0 Å². The highest BCUT2D eigenvalue weighted by molar-refractivity contribution is 5.94. The fourth-order valence-electron chi connectivity index (χ4n) is 2.65. The molecule has 6 heteroatoms. The van der Waals surface area contributed by atoms with Crippen LogP contribution >= 0.6 is 0 Å². The summed E-state index contributed by atoms with van der Waals surface area (Å²) in [6.45, 7) is 0.0584. The van der Waals surface area contributed by atoms with Crippen molar-refractivity contribution in [2.75, 3.05) is 20.8 Å².